The minimum Gasteiger partial charge on any atom is -0.399 e. The Hall–Kier alpha value is -2.82. The molecule has 4 N–H and O–H groups in total. The van der Waals surface area contributed by atoms with Crippen LogP contribution in [0.15, 0.2) is 48.8 Å². The van der Waals surface area contributed by atoms with Gasteiger partial charge in [0.15, 0.2) is 0 Å². The molecule has 0 radical (unpaired) electrons. The number of rotatable bonds is 3. The summed E-state index contributed by atoms with van der Waals surface area (Å²) < 4.78 is 0. The zero-order valence-electron chi connectivity index (χ0n) is 10.8. The second kappa shape index (κ2) is 5.05. The van der Waals surface area contributed by atoms with Crippen LogP contribution in [0.5, 0.6) is 0 Å². The fraction of sp³-hybridized carbons (Fsp3) is 0.0667. The summed E-state index contributed by atoms with van der Waals surface area (Å²) in [7, 11) is 0. The van der Waals surface area contributed by atoms with Crippen LogP contribution in [-0.2, 0) is 6.54 Å². The molecule has 1 aromatic carbocycles. The fourth-order valence-electron chi connectivity index (χ4n) is 2.10. The van der Waals surface area contributed by atoms with Crippen molar-refractivity contribution >= 4 is 22.5 Å². The van der Waals surface area contributed by atoms with Gasteiger partial charge in [0.05, 0.1) is 17.8 Å². The van der Waals surface area contributed by atoms with Gasteiger partial charge < -0.3 is 16.0 Å². The Morgan fingerprint density at radius 2 is 2.20 bits per heavy atom. The predicted octanol–water partition coefficient (Wildman–Crippen LogP) is 2.08. The van der Waals surface area contributed by atoms with Crippen molar-refractivity contribution in [3.8, 4) is 0 Å². The molecule has 5 heteroatoms. The van der Waals surface area contributed by atoms with Crippen LogP contribution in [0.3, 0.4) is 0 Å². The number of amides is 1. The molecule has 20 heavy (non-hydrogen) atoms. The Morgan fingerprint density at radius 1 is 1.30 bits per heavy atom. The normalized spacial score (nSPS) is 10.6. The molecule has 0 aliphatic heterocycles. The van der Waals surface area contributed by atoms with Gasteiger partial charge in [0.2, 0.25) is 0 Å². The number of carbonyl (C=O) groups excluding carboxylic acids is 1. The highest BCUT2D eigenvalue weighted by atomic mass is 16.1. The van der Waals surface area contributed by atoms with E-state index in [0.29, 0.717) is 17.8 Å². The molecule has 3 aromatic rings. The topological polar surface area (TPSA) is 83.8 Å². The van der Waals surface area contributed by atoms with Crippen molar-refractivity contribution < 1.29 is 4.79 Å². The molecule has 0 spiro atoms. The lowest BCUT2D eigenvalue weighted by molar-refractivity contribution is 0.0952. The predicted molar refractivity (Wildman–Crippen MR) is 78.1 cm³/mol. The number of fused-ring (bicyclic) bond motifs is 1. The Morgan fingerprint density at radius 3 is 3.00 bits per heavy atom. The van der Waals surface area contributed by atoms with Crippen molar-refractivity contribution in [1.29, 1.82) is 0 Å². The highest BCUT2D eigenvalue weighted by molar-refractivity contribution is 6.07. The smallest absolute Gasteiger partial charge is 0.253 e. The maximum atomic E-state index is 12.2. The lowest BCUT2D eigenvalue weighted by atomic mass is 10.1. The first-order chi connectivity index (χ1) is 9.74. The van der Waals surface area contributed by atoms with Crippen molar-refractivity contribution in [3.63, 3.8) is 0 Å². The molecule has 0 saturated heterocycles. The molecule has 0 bridgehead atoms. The molecule has 0 atom stereocenters. The van der Waals surface area contributed by atoms with Crippen LogP contribution >= 0.6 is 0 Å². The number of nitrogens with zero attached hydrogens (tertiary/aromatic N) is 1. The first-order valence-electron chi connectivity index (χ1n) is 6.29. The fourth-order valence-corrected chi connectivity index (χ4v) is 2.10. The van der Waals surface area contributed by atoms with Crippen LogP contribution in [0.1, 0.15) is 16.1 Å². The number of benzene rings is 1. The monoisotopic (exact) mass is 266 g/mol. The van der Waals surface area contributed by atoms with Crippen LogP contribution in [0, 0.1) is 0 Å². The summed E-state index contributed by atoms with van der Waals surface area (Å²) in [5.41, 5.74) is 8.67. The number of carbonyl (C=O) groups is 1. The molecular weight excluding hydrogens is 252 g/mol. The zero-order valence-corrected chi connectivity index (χ0v) is 10.8. The SMILES string of the molecule is Nc1ccc2c(C(=O)NCc3ccccn3)c[nH]c2c1. The number of nitrogen functional groups attached to an aromatic ring is 1. The van der Waals surface area contributed by atoms with Gasteiger partial charge in [-0.3, -0.25) is 9.78 Å². The number of nitrogens with two attached hydrogens (primary N) is 1. The van der Waals surface area contributed by atoms with E-state index in [4.69, 9.17) is 5.73 Å². The second-order valence-electron chi connectivity index (χ2n) is 4.51. The van der Waals surface area contributed by atoms with Crippen LogP contribution in [0.25, 0.3) is 10.9 Å². The van der Waals surface area contributed by atoms with E-state index in [-0.39, 0.29) is 5.91 Å². The molecule has 0 unspecified atom stereocenters. The van der Waals surface area contributed by atoms with Gasteiger partial charge in [-0.15, -0.1) is 0 Å². The number of hydrogen-bond donors (Lipinski definition) is 3. The summed E-state index contributed by atoms with van der Waals surface area (Å²) in [6.07, 6.45) is 3.40. The molecule has 0 saturated carbocycles. The quantitative estimate of drug-likeness (QED) is 0.634. The van der Waals surface area contributed by atoms with E-state index in [9.17, 15) is 4.79 Å². The number of aromatic nitrogens is 2. The Labute approximate surface area is 115 Å². The van der Waals surface area contributed by atoms with Gasteiger partial charge in [0.25, 0.3) is 5.91 Å². The minimum atomic E-state index is -0.133. The zero-order chi connectivity index (χ0) is 13.9. The summed E-state index contributed by atoms with van der Waals surface area (Å²) in [5.74, 6) is -0.133. The van der Waals surface area contributed by atoms with Crippen molar-refractivity contribution in [2.75, 3.05) is 5.73 Å². The maximum Gasteiger partial charge on any atom is 0.253 e. The van der Waals surface area contributed by atoms with Gasteiger partial charge in [-0.25, -0.2) is 0 Å². The molecule has 2 aromatic heterocycles. The minimum absolute atomic E-state index is 0.133. The summed E-state index contributed by atoms with van der Waals surface area (Å²) >= 11 is 0. The van der Waals surface area contributed by atoms with E-state index >= 15 is 0 Å². The Balaban J connectivity index is 1.79. The highest BCUT2D eigenvalue weighted by Gasteiger charge is 2.11. The van der Waals surface area contributed by atoms with Crippen molar-refractivity contribution in [3.05, 3.63) is 60.0 Å². The molecule has 1 amide bonds. The summed E-state index contributed by atoms with van der Waals surface area (Å²) in [6.45, 7) is 0.404. The third-order valence-electron chi connectivity index (χ3n) is 3.11. The third-order valence-corrected chi connectivity index (χ3v) is 3.11. The van der Waals surface area contributed by atoms with E-state index in [1.54, 1.807) is 18.5 Å². The van der Waals surface area contributed by atoms with Crippen LogP contribution in [0.4, 0.5) is 5.69 Å². The molecule has 100 valence electrons. The summed E-state index contributed by atoms with van der Waals surface area (Å²) in [4.78, 5) is 19.4. The van der Waals surface area contributed by atoms with Crippen molar-refractivity contribution in [2.45, 2.75) is 6.54 Å². The number of anilines is 1. The Kier molecular flexibility index (Phi) is 3.09. The second-order valence-corrected chi connectivity index (χ2v) is 4.51. The largest absolute Gasteiger partial charge is 0.399 e. The third kappa shape index (κ3) is 2.33. The van der Waals surface area contributed by atoms with Crippen molar-refractivity contribution in [2.24, 2.45) is 0 Å². The molecule has 3 rings (SSSR count). The van der Waals surface area contributed by atoms with Crippen LogP contribution in [0.2, 0.25) is 0 Å². The number of pyridine rings is 1. The maximum absolute atomic E-state index is 12.2. The highest BCUT2D eigenvalue weighted by Crippen LogP contribution is 2.20. The average molecular weight is 266 g/mol. The van der Waals surface area contributed by atoms with Gasteiger partial charge >= 0.3 is 0 Å². The lowest BCUT2D eigenvalue weighted by Crippen LogP contribution is -2.22. The van der Waals surface area contributed by atoms with Crippen molar-refractivity contribution in [1.82, 2.24) is 15.3 Å². The summed E-state index contributed by atoms with van der Waals surface area (Å²) in [6, 6.07) is 11.0. The van der Waals surface area contributed by atoms with E-state index in [1.807, 2.05) is 30.3 Å². The first kappa shape index (κ1) is 12.2. The average Bonchev–Trinajstić information content (AvgIpc) is 2.89. The molecular formula is C15H14N4O. The first-order valence-corrected chi connectivity index (χ1v) is 6.29. The molecule has 0 aliphatic rings. The van der Waals surface area contributed by atoms with Gasteiger partial charge in [0.1, 0.15) is 0 Å². The van der Waals surface area contributed by atoms with Gasteiger partial charge in [-0.05, 0) is 30.3 Å². The Bertz CT molecular complexity index is 749. The van der Waals surface area contributed by atoms with Gasteiger partial charge in [-0.2, -0.15) is 0 Å². The van der Waals surface area contributed by atoms with E-state index < -0.39 is 0 Å². The molecule has 0 aliphatic carbocycles. The molecule has 2 heterocycles. The molecule has 0 fully saturated rings. The number of H-pyrrole nitrogens is 1. The number of aromatic amines is 1. The standard InChI is InChI=1S/C15H14N4O/c16-10-4-5-12-13(9-18-14(12)7-10)15(20)19-8-11-3-1-2-6-17-11/h1-7,9,18H,8,16H2,(H,19,20). The summed E-state index contributed by atoms with van der Waals surface area (Å²) in [5, 5.41) is 3.71. The van der Waals surface area contributed by atoms with Gasteiger partial charge in [-0.1, -0.05) is 6.07 Å². The number of nitrogens with one attached hydrogen (secondary N) is 2. The van der Waals surface area contributed by atoms with E-state index in [2.05, 4.69) is 15.3 Å². The van der Waals surface area contributed by atoms with Gasteiger partial charge in [0, 0.05) is 29.0 Å². The number of hydrogen-bond acceptors (Lipinski definition) is 3. The lowest BCUT2D eigenvalue weighted by Gasteiger charge is -2.03. The van der Waals surface area contributed by atoms with Crippen LogP contribution < -0.4 is 11.1 Å². The van der Waals surface area contributed by atoms with Crippen LogP contribution in [-0.4, -0.2) is 15.9 Å². The van der Waals surface area contributed by atoms with E-state index in [1.165, 1.54) is 0 Å². The molecule has 5 nitrogen and oxygen atoms in total. The van der Waals surface area contributed by atoms with E-state index in [0.717, 1.165) is 16.6 Å².